The van der Waals surface area contributed by atoms with E-state index in [2.05, 4.69) is 15.3 Å². The summed E-state index contributed by atoms with van der Waals surface area (Å²) in [5, 5.41) is 3.27. The second kappa shape index (κ2) is 9.84. The Bertz CT molecular complexity index is 1410. The Hall–Kier alpha value is -4.40. The first kappa shape index (κ1) is 23.7. The molecule has 0 radical (unpaired) electrons. The highest BCUT2D eigenvalue weighted by Gasteiger charge is 2.26. The number of ether oxygens (including phenoxy) is 3. The van der Waals surface area contributed by atoms with Crippen LogP contribution in [0.4, 0.5) is 5.69 Å². The summed E-state index contributed by atoms with van der Waals surface area (Å²) in [6, 6.07) is 10.6. The van der Waals surface area contributed by atoms with Crippen LogP contribution < -0.4 is 19.5 Å². The fourth-order valence-electron chi connectivity index (χ4n) is 4.00. The van der Waals surface area contributed by atoms with Crippen molar-refractivity contribution in [2.24, 2.45) is 0 Å². The maximum Gasteiger partial charge on any atom is 0.296 e. The van der Waals surface area contributed by atoms with E-state index in [9.17, 15) is 9.59 Å². The Morgan fingerprint density at radius 3 is 2.43 bits per heavy atom. The maximum absolute atomic E-state index is 13.4. The Labute approximate surface area is 202 Å². The number of fused-ring (bicyclic) bond motifs is 1. The van der Waals surface area contributed by atoms with Gasteiger partial charge in [-0.2, -0.15) is 0 Å². The summed E-state index contributed by atoms with van der Waals surface area (Å²) in [6.07, 6.45) is 3.14. The van der Waals surface area contributed by atoms with Crippen LogP contribution in [0.15, 0.2) is 48.8 Å². The van der Waals surface area contributed by atoms with Gasteiger partial charge >= 0.3 is 0 Å². The molecule has 9 heteroatoms. The molecule has 3 aromatic heterocycles. The molecule has 0 bridgehead atoms. The number of carbonyl (C=O) groups is 2. The van der Waals surface area contributed by atoms with E-state index in [-0.39, 0.29) is 0 Å². The molecule has 180 valence electrons. The molecule has 0 unspecified atom stereocenters. The van der Waals surface area contributed by atoms with Crippen molar-refractivity contribution in [3.63, 3.8) is 0 Å². The van der Waals surface area contributed by atoms with Gasteiger partial charge in [0.25, 0.3) is 11.7 Å². The van der Waals surface area contributed by atoms with Gasteiger partial charge in [0.1, 0.15) is 11.5 Å². The van der Waals surface area contributed by atoms with Gasteiger partial charge in [-0.25, -0.2) is 4.98 Å². The zero-order chi connectivity index (χ0) is 25.1. The van der Waals surface area contributed by atoms with E-state index in [1.807, 2.05) is 36.6 Å². The molecule has 3 heterocycles. The molecule has 0 aliphatic rings. The number of amides is 1. The van der Waals surface area contributed by atoms with Gasteiger partial charge in [-0.1, -0.05) is 0 Å². The summed E-state index contributed by atoms with van der Waals surface area (Å²) in [6.45, 7) is 4.16. The van der Waals surface area contributed by atoms with E-state index < -0.39 is 11.7 Å². The molecule has 0 aliphatic carbocycles. The highest BCUT2D eigenvalue weighted by Crippen LogP contribution is 2.33. The highest BCUT2D eigenvalue weighted by molar-refractivity contribution is 6.48. The van der Waals surface area contributed by atoms with E-state index in [4.69, 9.17) is 14.2 Å². The monoisotopic (exact) mass is 474 g/mol. The third-order valence-corrected chi connectivity index (χ3v) is 5.83. The molecule has 0 saturated heterocycles. The summed E-state index contributed by atoms with van der Waals surface area (Å²) >= 11 is 0. The van der Waals surface area contributed by atoms with Gasteiger partial charge in [0.05, 0.1) is 45.3 Å². The number of Topliss-reactive ketones (excluding diaryl/α,β-unsaturated/α-hetero) is 1. The average molecular weight is 475 g/mol. The van der Waals surface area contributed by atoms with Crippen molar-refractivity contribution in [3.05, 3.63) is 71.3 Å². The first-order chi connectivity index (χ1) is 16.9. The summed E-state index contributed by atoms with van der Waals surface area (Å²) in [4.78, 5) is 34.9. The predicted octanol–water partition coefficient (Wildman–Crippen LogP) is 3.94. The number of ketones is 1. The minimum absolute atomic E-state index is 0.310. The molecular formula is C26H26N4O5. The Morgan fingerprint density at radius 2 is 1.77 bits per heavy atom. The highest BCUT2D eigenvalue weighted by atomic mass is 16.5. The molecular weight excluding hydrogens is 448 g/mol. The number of aromatic nitrogens is 3. The van der Waals surface area contributed by atoms with E-state index in [0.717, 1.165) is 16.8 Å². The molecule has 4 rings (SSSR count). The number of hydrogen-bond acceptors (Lipinski definition) is 7. The average Bonchev–Trinajstić information content (AvgIpc) is 3.13. The van der Waals surface area contributed by atoms with Crippen LogP contribution in [-0.4, -0.2) is 47.6 Å². The lowest BCUT2D eigenvalue weighted by atomic mass is 10.0. The number of carbonyl (C=O) groups excluding carboxylic acids is 2. The van der Waals surface area contributed by atoms with Gasteiger partial charge in [-0.05, 0) is 49.7 Å². The third-order valence-electron chi connectivity index (χ3n) is 5.83. The van der Waals surface area contributed by atoms with Crippen LogP contribution >= 0.6 is 0 Å². The number of nitrogens with one attached hydrogen (secondary N) is 1. The van der Waals surface area contributed by atoms with Crippen molar-refractivity contribution >= 4 is 28.3 Å². The Balaban J connectivity index is 1.77. The van der Waals surface area contributed by atoms with Gasteiger partial charge in [-0.15, -0.1) is 0 Å². The van der Waals surface area contributed by atoms with Crippen LogP contribution in [0, 0.1) is 13.8 Å². The summed E-state index contributed by atoms with van der Waals surface area (Å²) in [7, 11) is 4.64. The maximum atomic E-state index is 13.4. The SMILES string of the molecule is COc1ccc(Cn2c(C)c(C(=O)C(=O)Nc3ccnc(OC)c3)c3cc(OC)c(C)cc32)nc1. The van der Waals surface area contributed by atoms with Gasteiger partial charge < -0.3 is 24.1 Å². The van der Waals surface area contributed by atoms with Crippen LogP contribution in [0.25, 0.3) is 10.9 Å². The van der Waals surface area contributed by atoms with Gasteiger partial charge in [0.15, 0.2) is 0 Å². The van der Waals surface area contributed by atoms with Crippen LogP contribution in [0.3, 0.4) is 0 Å². The first-order valence-electron chi connectivity index (χ1n) is 10.9. The van der Waals surface area contributed by atoms with E-state index >= 15 is 0 Å². The number of anilines is 1. The molecule has 35 heavy (non-hydrogen) atoms. The van der Waals surface area contributed by atoms with Crippen LogP contribution in [-0.2, 0) is 11.3 Å². The smallest absolute Gasteiger partial charge is 0.296 e. The number of methoxy groups -OCH3 is 3. The second-order valence-electron chi connectivity index (χ2n) is 7.95. The van der Waals surface area contributed by atoms with Gasteiger partial charge in [0, 0.05) is 34.5 Å². The summed E-state index contributed by atoms with van der Waals surface area (Å²) in [5.74, 6) is 0.197. The van der Waals surface area contributed by atoms with Crippen molar-refractivity contribution in [3.8, 4) is 17.4 Å². The lowest BCUT2D eigenvalue weighted by molar-refractivity contribution is -0.112. The zero-order valence-corrected chi connectivity index (χ0v) is 20.2. The Morgan fingerprint density at radius 1 is 0.971 bits per heavy atom. The number of rotatable bonds is 8. The first-order valence-corrected chi connectivity index (χ1v) is 10.9. The van der Waals surface area contributed by atoms with Crippen molar-refractivity contribution < 1.29 is 23.8 Å². The largest absolute Gasteiger partial charge is 0.496 e. The standard InChI is InChI=1S/C26H26N4O5/c1-15-10-21-20(12-22(15)34-4)24(16(2)30(21)14-18-6-7-19(33-3)13-28-18)25(31)26(32)29-17-8-9-27-23(11-17)35-5/h6-13H,14H2,1-5H3,(H,27,29,32). The quantitative estimate of drug-likeness (QED) is 0.305. The lowest BCUT2D eigenvalue weighted by Gasteiger charge is -2.10. The minimum atomic E-state index is -0.762. The molecule has 4 aromatic rings. The van der Waals surface area contributed by atoms with Crippen molar-refractivity contribution in [2.45, 2.75) is 20.4 Å². The Kier molecular flexibility index (Phi) is 6.68. The predicted molar refractivity (Wildman–Crippen MR) is 132 cm³/mol. The summed E-state index contributed by atoms with van der Waals surface area (Å²) in [5.41, 5.74) is 3.87. The summed E-state index contributed by atoms with van der Waals surface area (Å²) < 4.78 is 17.8. The number of benzene rings is 1. The van der Waals surface area contributed by atoms with E-state index in [1.54, 1.807) is 38.6 Å². The lowest BCUT2D eigenvalue weighted by Crippen LogP contribution is -2.23. The van der Waals surface area contributed by atoms with Crippen LogP contribution in [0.1, 0.15) is 27.3 Å². The van der Waals surface area contributed by atoms with Crippen molar-refractivity contribution in [1.29, 1.82) is 0 Å². The van der Waals surface area contributed by atoms with Crippen molar-refractivity contribution in [1.82, 2.24) is 14.5 Å². The number of hydrogen-bond donors (Lipinski definition) is 1. The number of nitrogens with zero attached hydrogens (tertiary/aromatic N) is 3. The molecule has 1 N–H and O–H groups in total. The fourth-order valence-corrected chi connectivity index (χ4v) is 4.00. The molecule has 0 spiro atoms. The molecule has 9 nitrogen and oxygen atoms in total. The van der Waals surface area contributed by atoms with Crippen LogP contribution in [0.5, 0.6) is 17.4 Å². The molecule has 0 saturated carbocycles. The molecule has 0 fully saturated rings. The van der Waals surface area contributed by atoms with Crippen LogP contribution in [0.2, 0.25) is 0 Å². The molecule has 1 amide bonds. The fraction of sp³-hybridized carbons (Fsp3) is 0.231. The topological polar surface area (TPSA) is 105 Å². The van der Waals surface area contributed by atoms with E-state index in [0.29, 0.717) is 46.3 Å². The zero-order valence-electron chi connectivity index (χ0n) is 20.2. The third kappa shape index (κ3) is 4.65. The molecule has 0 atom stereocenters. The number of pyridine rings is 2. The van der Waals surface area contributed by atoms with Gasteiger partial charge in [-0.3, -0.25) is 14.6 Å². The minimum Gasteiger partial charge on any atom is -0.496 e. The van der Waals surface area contributed by atoms with Crippen molar-refractivity contribution in [2.75, 3.05) is 26.6 Å². The van der Waals surface area contributed by atoms with Gasteiger partial charge in [0.2, 0.25) is 5.88 Å². The molecule has 1 aromatic carbocycles. The normalized spacial score (nSPS) is 10.8. The van der Waals surface area contributed by atoms with E-state index in [1.165, 1.54) is 13.3 Å². The molecule has 0 aliphatic heterocycles. The number of aryl methyl sites for hydroxylation is 1. The second-order valence-corrected chi connectivity index (χ2v) is 7.95.